The largest absolute Gasteiger partial charge is 0.411 e. The Balaban J connectivity index is 1.16. The van der Waals surface area contributed by atoms with Crippen molar-refractivity contribution in [1.82, 2.24) is 0 Å². The van der Waals surface area contributed by atoms with E-state index in [0.717, 1.165) is 62.5 Å². The zero-order valence-electron chi connectivity index (χ0n) is 45.2. The Hall–Kier alpha value is -1.26. The Morgan fingerprint density at radius 3 is 2.03 bits per heavy atom. The molecule has 0 saturated carbocycles. The first-order valence-corrected chi connectivity index (χ1v) is 32.4. The maximum atomic E-state index is 13.6. The van der Waals surface area contributed by atoms with E-state index in [4.69, 9.17) is 32.5 Å². The van der Waals surface area contributed by atoms with Crippen LogP contribution in [0.15, 0.2) is 49.1 Å². The Labute approximate surface area is 411 Å². The van der Waals surface area contributed by atoms with Gasteiger partial charge in [0.05, 0.1) is 79.4 Å². The highest BCUT2D eigenvalue weighted by Crippen LogP contribution is 2.47. The second-order valence-corrected chi connectivity index (χ2v) is 34.5. The topological polar surface area (TPSA) is 102 Å². The molecule has 67 heavy (non-hydrogen) atoms. The maximum Gasteiger partial charge on any atom is 0.192 e. The monoisotopic (exact) mass is 971 g/mol. The quantitative estimate of drug-likeness (QED) is 0.0770. The third-order valence-corrected chi connectivity index (χ3v) is 26.5. The van der Waals surface area contributed by atoms with Gasteiger partial charge in [0.25, 0.3) is 0 Å². The summed E-state index contributed by atoms with van der Waals surface area (Å²) in [5.41, 5.74) is 2.18. The zero-order valence-corrected chi connectivity index (χ0v) is 47.2. The van der Waals surface area contributed by atoms with E-state index in [9.17, 15) is 9.90 Å². The predicted octanol–water partition coefficient (Wildman–Crippen LogP) is 12.9. The summed E-state index contributed by atoms with van der Waals surface area (Å²) in [6.45, 7) is 49.2. The first-order chi connectivity index (χ1) is 31.1. The van der Waals surface area contributed by atoms with Crippen LogP contribution < -0.4 is 0 Å². The summed E-state index contributed by atoms with van der Waals surface area (Å²) in [6.07, 6.45) is 12.8. The number of aliphatic hydroxyl groups excluding tert-OH is 1. The van der Waals surface area contributed by atoms with E-state index >= 15 is 0 Å². The summed E-state index contributed by atoms with van der Waals surface area (Å²) in [5.74, 6) is 0.846. The van der Waals surface area contributed by atoms with Gasteiger partial charge in [0.2, 0.25) is 0 Å². The highest BCUT2D eigenvalue weighted by atomic mass is 28.4. The molecule has 0 spiro atoms. The van der Waals surface area contributed by atoms with Crippen LogP contribution in [0.3, 0.4) is 0 Å². The van der Waals surface area contributed by atoms with Crippen molar-refractivity contribution in [3.63, 3.8) is 0 Å². The van der Waals surface area contributed by atoms with Crippen LogP contribution in [-0.4, -0.2) is 107 Å². The van der Waals surface area contributed by atoms with Gasteiger partial charge >= 0.3 is 0 Å². The number of ketones is 1. The van der Waals surface area contributed by atoms with Crippen molar-refractivity contribution in [3.05, 3.63) is 49.1 Å². The summed E-state index contributed by atoms with van der Waals surface area (Å²) in [7, 11) is -4.44. The van der Waals surface area contributed by atoms with Crippen molar-refractivity contribution in [3.8, 4) is 0 Å². The molecule has 0 amide bonds. The van der Waals surface area contributed by atoms with E-state index in [0.29, 0.717) is 31.1 Å². The van der Waals surface area contributed by atoms with E-state index in [1.165, 1.54) is 0 Å². The Bertz CT molecular complexity index is 1700. The zero-order chi connectivity index (χ0) is 50.0. The molecule has 5 aliphatic heterocycles. The third-order valence-electron chi connectivity index (χ3n) is 17.6. The Morgan fingerprint density at radius 2 is 1.42 bits per heavy atom. The molecule has 5 heterocycles. The van der Waals surface area contributed by atoms with Gasteiger partial charge in [0, 0.05) is 30.6 Å². The SMILES string of the molecule is C=CC[C@@H]1O[C@@H]([C@@H](C)/C=C/C(=O)CC[C@H]2CC(=C)C(CC[C@H]3C[C@@H](C)C(=C)C(C[C@@H]4O[C@H]5C[C@@H](C)[C@@H](CCC)O[C@H]5[C@H](C)[C@H]4O)O3)O2)[C@@H](O[Si](C)(C)C(C)(C)C)[C@@H](O[Si](C)(C)C(C)(C)C)[C@H]1C. The van der Waals surface area contributed by atoms with Gasteiger partial charge in [-0.1, -0.05) is 115 Å². The molecular formula is C56H98O9Si2. The first kappa shape index (κ1) is 56.7. The summed E-state index contributed by atoms with van der Waals surface area (Å²) in [6, 6.07) is 0. The van der Waals surface area contributed by atoms with Crippen molar-refractivity contribution in [2.24, 2.45) is 29.6 Å². The molecule has 0 aromatic heterocycles. The van der Waals surface area contributed by atoms with Crippen LogP contribution in [0, 0.1) is 29.6 Å². The Morgan fingerprint density at radius 1 is 0.791 bits per heavy atom. The van der Waals surface area contributed by atoms with Crippen molar-refractivity contribution in [1.29, 1.82) is 0 Å². The fourth-order valence-corrected chi connectivity index (χ4v) is 13.5. The molecule has 0 aliphatic carbocycles. The van der Waals surface area contributed by atoms with Gasteiger partial charge < -0.3 is 37.6 Å². The van der Waals surface area contributed by atoms with Crippen LogP contribution in [0.2, 0.25) is 36.3 Å². The molecule has 0 bridgehead atoms. The number of fused-ring (bicyclic) bond motifs is 1. The molecule has 9 nitrogen and oxygen atoms in total. The molecule has 11 heteroatoms. The molecule has 18 atom stereocenters. The van der Waals surface area contributed by atoms with Crippen LogP contribution in [0.1, 0.15) is 154 Å². The molecule has 0 radical (unpaired) electrons. The van der Waals surface area contributed by atoms with E-state index < -0.39 is 22.7 Å². The molecule has 0 aromatic rings. The standard InChI is InChI=1S/C56H98O9Si2/c1-20-22-44-37(6)32-49-52(62-44)40(9)50(58)48(61-49)33-47-38(7)35(4)30-43(60-47)28-29-45-36(5)31-42(59-45)27-26-41(57)25-24-34(3)51-54(65-67(18,19)56(13,14)15)53(39(8)46(63-51)23-21-2)64-66(16,17)55(10,11)12/h21,24-25,34-35,37,39-40,42-54,58H,2,5,7,20,22-23,26-33H2,1,3-4,6,8-19H3/b25-24+/t34-,35+,37+,39-,40+,42-,43-,44+,45?,46-,47?,48-,49-,50+,51-,52-,53-,54+/m0/s1. The average molecular weight is 972 g/mol. The van der Waals surface area contributed by atoms with Crippen molar-refractivity contribution in [2.45, 2.75) is 269 Å². The number of hydrogen-bond acceptors (Lipinski definition) is 9. The lowest BCUT2D eigenvalue weighted by atomic mass is 9.78. The number of rotatable bonds is 19. The fourth-order valence-electron chi connectivity index (χ4n) is 10.8. The molecule has 5 fully saturated rings. The van der Waals surface area contributed by atoms with Crippen LogP contribution in [0.25, 0.3) is 0 Å². The summed E-state index contributed by atoms with van der Waals surface area (Å²) in [4.78, 5) is 13.6. The van der Waals surface area contributed by atoms with Gasteiger partial charge in [-0.2, -0.15) is 0 Å². The van der Waals surface area contributed by atoms with Gasteiger partial charge in [-0.15, -0.1) is 6.58 Å². The fraction of sp³-hybridized carbons (Fsp3) is 0.839. The summed E-state index contributed by atoms with van der Waals surface area (Å²) >= 11 is 0. The van der Waals surface area contributed by atoms with Crippen LogP contribution in [0.5, 0.6) is 0 Å². The average Bonchev–Trinajstić information content (AvgIpc) is 3.59. The van der Waals surface area contributed by atoms with E-state index in [-0.39, 0.29) is 107 Å². The number of hydrogen-bond donors (Lipinski definition) is 1. The molecule has 0 aromatic carbocycles. The first-order valence-electron chi connectivity index (χ1n) is 26.6. The van der Waals surface area contributed by atoms with Crippen molar-refractivity contribution in [2.75, 3.05) is 0 Å². The molecule has 5 rings (SSSR count). The predicted molar refractivity (Wildman–Crippen MR) is 278 cm³/mol. The smallest absolute Gasteiger partial charge is 0.192 e. The highest BCUT2D eigenvalue weighted by Gasteiger charge is 2.54. The maximum absolute atomic E-state index is 13.6. The number of allylic oxidation sites excluding steroid dienone is 1. The normalized spacial score (nSPS) is 38.6. The number of ether oxygens (including phenoxy) is 5. The van der Waals surface area contributed by atoms with Crippen molar-refractivity contribution < 1.29 is 42.4 Å². The molecule has 5 saturated heterocycles. The summed E-state index contributed by atoms with van der Waals surface area (Å²) < 4.78 is 48.2. The highest BCUT2D eigenvalue weighted by molar-refractivity contribution is 6.74. The number of aliphatic hydroxyl groups is 1. The van der Waals surface area contributed by atoms with Crippen LogP contribution in [-0.2, 0) is 37.3 Å². The second kappa shape index (κ2) is 23.1. The molecule has 384 valence electrons. The van der Waals surface area contributed by atoms with Gasteiger partial charge in [-0.3, -0.25) is 4.79 Å². The number of carbonyl (C=O) groups is 1. The minimum Gasteiger partial charge on any atom is -0.411 e. The third kappa shape index (κ3) is 13.8. The minimum atomic E-state index is -2.25. The lowest BCUT2D eigenvalue weighted by Gasteiger charge is -2.53. The lowest BCUT2D eigenvalue weighted by Crippen LogP contribution is -2.63. The molecule has 5 aliphatic rings. The van der Waals surface area contributed by atoms with E-state index in [1.807, 2.05) is 12.2 Å². The summed E-state index contributed by atoms with van der Waals surface area (Å²) in [5, 5.41) is 11.5. The van der Waals surface area contributed by atoms with Crippen LogP contribution >= 0.6 is 0 Å². The lowest BCUT2D eigenvalue weighted by molar-refractivity contribution is -0.259. The minimum absolute atomic E-state index is 0.00466. The van der Waals surface area contributed by atoms with Gasteiger partial charge in [-0.25, -0.2) is 0 Å². The molecular weight excluding hydrogens is 873 g/mol. The van der Waals surface area contributed by atoms with E-state index in [1.54, 1.807) is 6.08 Å². The van der Waals surface area contributed by atoms with Crippen LogP contribution in [0.4, 0.5) is 0 Å². The van der Waals surface area contributed by atoms with Gasteiger partial charge in [0.15, 0.2) is 22.4 Å². The van der Waals surface area contributed by atoms with Crippen molar-refractivity contribution >= 4 is 22.4 Å². The Kier molecular flexibility index (Phi) is 19.5. The van der Waals surface area contributed by atoms with Gasteiger partial charge in [0.1, 0.15) is 0 Å². The number of carbonyl (C=O) groups excluding carboxylic acids is 1. The molecule has 2 unspecified atom stereocenters. The second-order valence-electron chi connectivity index (χ2n) is 25.0. The van der Waals surface area contributed by atoms with E-state index in [2.05, 4.69) is 129 Å². The van der Waals surface area contributed by atoms with Gasteiger partial charge in [-0.05, 0) is 117 Å². The molecule has 1 N–H and O–H groups in total.